The lowest BCUT2D eigenvalue weighted by Gasteiger charge is -2.19. The van der Waals surface area contributed by atoms with E-state index < -0.39 is 4.92 Å². The molecule has 1 fully saturated rings. The van der Waals surface area contributed by atoms with Crippen LogP contribution in [0.5, 0.6) is 0 Å². The third kappa shape index (κ3) is 3.92. The first-order valence-electron chi connectivity index (χ1n) is 6.32. The summed E-state index contributed by atoms with van der Waals surface area (Å²) in [6, 6.07) is 0. The van der Waals surface area contributed by atoms with E-state index >= 15 is 0 Å². The highest BCUT2D eigenvalue weighted by Gasteiger charge is 2.12. The van der Waals surface area contributed by atoms with Crippen molar-refractivity contribution in [1.29, 1.82) is 0 Å². The van der Waals surface area contributed by atoms with E-state index in [1.54, 1.807) is 0 Å². The minimum absolute atomic E-state index is 0.0901. The van der Waals surface area contributed by atoms with E-state index in [1.165, 1.54) is 45.0 Å². The molecule has 0 bridgehead atoms. The average molecular weight is 270 g/mol. The molecule has 1 aliphatic heterocycles. The summed E-state index contributed by atoms with van der Waals surface area (Å²) in [4.78, 5) is 16.5. The number of aromatic nitrogens is 1. The topological polar surface area (TPSA) is 71.3 Å². The van der Waals surface area contributed by atoms with Crippen molar-refractivity contribution in [1.82, 2.24) is 9.88 Å². The molecule has 100 valence electrons. The van der Waals surface area contributed by atoms with Crippen LogP contribution in [0.3, 0.4) is 0 Å². The molecule has 1 saturated heterocycles. The SMILES string of the molecule is O=[N+]([O-])c1cnc(NCCN2CCCCCC2)s1. The summed E-state index contributed by atoms with van der Waals surface area (Å²) < 4.78 is 0. The lowest BCUT2D eigenvalue weighted by atomic mass is 10.2. The molecule has 6 nitrogen and oxygen atoms in total. The summed E-state index contributed by atoms with van der Waals surface area (Å²) in [5.74, 6) is 0. The van der Waals surface area contributed by atoms with Gasteiger partial charge in [0.25, 0.3) is 0 Å². The van der Waals surface area contributed by atoms with E-state index in [0.29, 0.717) is 5.13 Å². The van der Waals surface area contributed by atoms with Gasteiger partial charge in [-0.25, -0.2) is 4.98 Å². The molecule has 2 heterocycles. The number of nitrogens with one attached hydrogen (secondary N) is 1. The number of likely N-dealkylation sites (tertiary alicyclic amines) is 1. The molecule has 0 amide bonds. The van der Waals surface area contributed by atoms with Gasteiger partial charge >= 0.3 is 5.00 Å². The van der Waals surface area contributed by atoms with Crippen molar-refractivity contribution in [2.45, 2.75) is 25.7 Å². The maximum atomic E-state index is 10.5. The molecule has 0 aliphatic carbocycles. The zero-order valence-corrected chi connectivity index (χ0v) is 11.1. The normalized spacial score (nSPS) is 17.3. The van der Waals surface area contributed by atoms with E-state index in [-0.39, 0.29) is 5.00 Å². The molecule has 0 unspecified atom stereocenters. The summed E-state index contributed by atoms with van der Waals surface area (Å²) in [5, 5.41) is 14.4. The molecule has 1 aromatic rings. The molecule has 1 aliphatic rings. The highest BCUT2D eigenvalue weighted by molar-refractivity contribution is 7.18. The molecule has 0 aromatic carbocycles. The van der Waals surface area contributed by atoms with Crippen molar-refractivity contribution in [2.24, 2.45) is 0 Å². The summed E-state index contributed by atoms with van der Waals surface area (Å²) in [6.45, 7) is 4.11. The summed E-state index contributed by atoms with van der Waals surface area (Å²) in [6.07, 6.45) is 6.54. The van der Waals surface area contributed by atoms with Crippen molar-refractivity contribution in [3.63, 3.8) is 0 Å². The molecular formula is C11H18N4O2S. The maximum Gasteiger partial charge on any atom is 0.345 e. The van der Waals surface area contributed by atoms with Crippen LogP contribution in [0.1, 0.15) is 25.7 Å². The van der Waals surface area contributed by atoms with Gasteiger partial charge in [-0.1, -0.05) is 12.8 Å². The van der Waals surface area contributed by atoms with Crippen LogP contribution in [-0.4, -0.2) is 41.0 Å². The fourth-order valence-corrected chi connectivity index (χ4v) is 2.77. The smallest absolute Gasteiger partial charge is 0.345 e. The highest BCUT2D eigenvalue weighted by Crippen LogP contribution is 2.24. The molecule has 1 aromatic heterocycles. The number of rotatable bonds is 5. The zero-order chi connectivity index (χ0) is 12.8. The van der Waals surface area contributed by atoms with Crippen molar-refractivity contribution in [3.05, 3.63) is 16.3 Å². The number of hydrogen-bond donors (Lipinski definition) is 1. The molecule has 1 N–H and O–H groups in total. The standard InChI is InChI=1S/C11H18N4O2S/c16-15(17)10-9-13-11(18-10)12-5-8-14-6-3-1-2-4-7-14/h9H,1-8H2,(H,12,13). The van der Waals surface area contributed by atoms with Gasteiger partial charge in [-0.3, -0.25) is 10.1 Å². The maximum absolute atomic E-state index is 10.5. The largest absolute Gasteiger partial charge is 0.360 e. The molecule has 2 rings (SSSR count). The number of hydrogen-bond acceptors (Lipinski definition) is 6. The van der Waals surface area contributed by atoms with E-state index in [1.807, 2.05) is 0 Å². The Morgan fingerprint density at radius 1 is 1.39 bits per heavy atom. The third-order valence-corrected chi connectivity index (χ3v) is 3.98. The minimum Gasteiger partial charge on any atom is -0.360 e. The zero-order valence-electron chi connectivity index (χ0n) is 10.3. The first-order valence-corrected chi connectivity index (χ1v) is 7.14. The van der Waals surface area contributed by atoms with Gasteiger partial charge in [0.05, 0.1) is 4.92 Å². The monoisotopic (exact) mass is 270 g/mol. The van der Waals surface area contributed by atoms with E-state index in [0.717, 1.165) is 24.4 Å². The molecule has 7 heteroatoms. The van der Waals surface area contributed by atoms with Crippen LogP contribution >= 0.6 is 11.3 Å². The molecule has 0 spiro atoms. The van der Waals surface area contributed by atoms with Crippen LogP contribution in [0.25, 0.3) is 0 Å². The number of nitrogens with zero attached hydrogens (tertiary/aromatic N) is 3. The van der Waals surface area contributed by atoms with E-state index in [4.69, 9.17) is 0 Å². The summed E-state index contributed by atoms with van der Waals surface area (Å²) >= 11 is 1.09. The van der Waals surface area contributed by atoms with Crippen molar-refractivity contribution in [3.8, 4) is 0 Å². The Morgan fingerprint density at radius 2 is 2.11 bits per heavy atom. The molecule has 18 heavy (non-hydrogen) atoms. The van der Waals surface area contributed by atoms with Gasteiger partial charge in [-0.05, 0) is 37.3 Å². The predicted octanol–water partition coefficient (Wildman–Crippen LogP) is 2.34. The number of thiazole rings is 1. The van der Waals surface area contributed by atoms with Gasteiger partial charge in [0.2, 0.25) is 0 Å². The second kappa shape index (κ2) is 6.65. The van der Waals surface area contributed by atoms with Gasteiger partial charge in [0.15, 0.2) is 5.13 Å². The fourth-order valence-electron chi connectivity index (χ4n) is 2.11. The van der Waals surface area contributed by atoms with Crippen molar-refractivity contribution < 1.29 is 4.92 Å². The second-order valence-corrected chi connectivity index (χ2v) is 5.45. The molecule has 0 saturated carbocycles. The highest BCUT2D eigenvalue weighted by atomic mass is 32.1. The van der Waals surface area contributed by atoms with Crippen molar-refractivity contribution in [2.75, 3.05) is 31.5 Å². The molecule has 0 atom stereocenters. The Kier molecular flexibility index (Phi) is 4.89. The lowest BCUT2D eigenvalue weighted by molar-refractivity contribution is -0.380. The van der Waals surface area contributed by atoms with Gasteiger partial charge in [0.1, 0.15) is 6.20 Å². The van der Waals surface area contributed by atoms with Crippen LogP contribution < -0.4 is 5.32 Å². The van der Waals surface area contributed by atoms with Crippen molar-refractivity contribution >= 4 is 21.5 Å². The van der Waals surface area contributed by atoms with Crippen LogP contribution in [0.2, 0.25) is 0 Å². The molecule has 0 radical (unpaired) electrons. The molecular weight excluding hydrogens is 252 g/mol. The fraction of sp³-hybridized carbons (Fsp3) is 0.727. The average Bonchev–Trinajstić information content (AvgIpc) is 2.67. The van der Waals surface area contributed by atoms with Gasteiger partial charge in [-0.2, -0.15) is 0 Å². The van der Waals surface area contributed by atoms with Gasteiger partial charge in [-0.15, -0.1) is 0 Å². The van der Waals surface area contributed by atoms with E-state index in [2.05, 4.69) is 15.2 Å². The van der Waals surface area contributed by atoms with Crippen LogP contribution in [0, 0.1) is 10.1 Å². The summed E-state index contributed by atoms with van der Waals surface area (Å²) in [7, 11) is 0. The first-order chi connectivity index (χ1) is 8.75. The summed E-state index contributed by atoms with van der Waals surface area (Å²) in [5.41, 5.74) is 0. The van der Waals surface area contributed by atoms with Gasteiger partial charge in [0, 0.05) is 13.1 Å². The Balaban J connectivity index is 1.72. The Morgan fingerprint density at radius 3 is 2.72 bits per heavy atom. The minimum atomic E-state index is -0.405. The Labute approximate surface area is 110 Å². The first kappa shape index (κ1) is 13.2. The van der Waals surface area contributed by atoms with Gasteiger partial charge < -0.3 is 10.2 Å². The third-order valence-electron chi connectivity index (χ3n) is 3.08. The Hall–Kier alpha value is -1.21. The van der Waals surface area contributed by atoms with Crippen LogP contribution in [0.4, 0.5) is 10.1 Å². The number of nitro groups is 1. The second-order valence-electron chi connectivity index (χ2n) is 4.44. The lowest BCUT2D eigenvalue weighted by Crippen LogP contribution is -2.29. The van der Waals surface area contributed by atoms with E-state index in [9.17, 15) is 10.1 Å². The number of anilines is 1. The Bertz CT molecular complexity index is 388. The van der Waals surface area contributed by atoms with Crippen LogP contribution in [-0.2, 0) is 0 Å². The van der Waals surface area contributed by atoms with Crippen LogP contribution in [0.15, 0.2) is 6.20 Å². The quantitative estimate of drug-likeness (QED) is 0.657. The predicted molar refractivity (Wildman–Crippen MR) is 72.2 cm³/mol.